The van der Waals surface area contributed by atoms with Crippen LogP contribution in [0.1, 0.15) is 12.7 Å². The summed E-state index contributed by atoms with van der Waals surface area (Å²) < 4.78 is 5.24. The highest BCUT2D eigenvalue weighted by molar-refractivity contribution is 6.30. The molecule has 1 N–H and O–H groups in total. The molecule has 0 saturated heterocycles. The number of amides is 1. The Labute approximate surface area is 149 Å². The Kier molecular flexibility index (Phi) is 5.11. The summed E-state index contributed by atoms with van der Waals surface area (Å²) in [4.78, 5) is 16.6. The van der Waals surface area contributed by atoms with Crippen LogP contribution in [-0.2, 0) is 4.84 Å². The van der Waals surface area contributed by atoms with Crippen LogP contribution < -0.4 is 5.32 Å². The molecule has 0 aliphatic heterocycles. The van der Waals surface area contributed by atoms with E-state index in [0.717, 1.165) is 5.56 Å². The average molecular weight is 356 g/mol. The maximum Gasteiger partial charge on any atom is 0.437 e. The van der Waals surface area contributed by atoms with Crippen molar-refractivity contribution in [3.05, 3.63) is 71.4 Å². The Morgan fingerprint density at radius 3 is 2.60 bits per heavy atom. The average Bonchev–Trinajstić information content (AvgIpc) is 3.13. The van der Waals surface area contributed by atoms with Crippen LogP contribution in [0.4, 0.5) is 10.5 Å². The lowest BCUT2D eigenvalue weighted by molar-refractivity contribution is 0.166. The van der Waals surface area contributed by atoms with Gasteiger partial charge in [0.15, 0.2) is 5.76 Å². The largest absolute Gasteiger partial charge is 0.437 e. The number of hydrogen-bond acceptors (Lipinski definition) is 5. The van der Waals surface area contributed by atoms with E-state index in [1.54, 1.807) is 37.3 Å². The minimum atomic E-state index is -0.718. The van der Waals surface area contributed by atoms with Crippen LogP contribution >= 0.6 is 11.6 Å². The van der Waals surface area contributed by atoms with Gasteiger partial charge in [-0.2, -0.15) is 0 Å². The van der Waals surface area contributed by atoms with E-state index in [9.17, 15) is 4.79 Å². The molecular weight excluding hydrogens is 342 g/mol. The minimum Gasteiger partial charge on any atom is -0.354 e. The Balaban J connectivity index is 1.62. The highest BCUT2D eigenvalue weighted by Crippen LogP contribution is 2.19. The van der Waals surface area contributed by atoms with Gasteiger partial charge >= 0.3 is 6.09 Å². The molecule has 3 aromatic rings. The molecule has 0 radical (unpaired) electrons. The maximum atomic E-state index is 11.7. The Hall–Kier alpha value is -3.12. The number of nitrogens with zero attached hydrogens (tertiary/aromatic N) is 2. The van der Waals surface area contributed by atoms with Crippen molar-refractivity contribution >= 4 is 29.1 Å². The molecule has 0 spiro atoms. The number of oxime groups is 1. The Morgan fingerprint density at radius 2 is 1.88 bits per heavy atom. The van der Waals surface area contributed by atoms with Gasteiger partial charge in [-0.15, -0.1) is 0 Å². The molecule has 1 heterocycles. The monoisotopic (exact) mass is 355 g/mol. The van der Waals surface area contributed by atoms with Crippen LogP contribution in [0.15, 0.2) is 70.3 Å². The Morgan fingerprint density at radius 1 is 1.16 bits per heavy atom. The molecule has 0 bridgehead atoms. The third-order valence-electron chi connectivity index (χ3n) is 3.29. The number of rotatable bonds is 4. The van der Waals surface area contributed by atoms with E-state index in [4.69, 9.17) is 21.0 Å². The van der Waals surface area contributed by atoms with Crippen molar-refractivity contribution in [1.82, 2.24) is 5.16 Å². The third-order valence-corrected chi connectivity index (χ3v) is 3.54. The number of halogens is 1. The third kappa shape index (κ3) is 4.45. The lowest BCUT2D eigenvalue weighted by Crippen LogP contribution is -2.11. The van der Waals surface area contributed by atoms with Gasteiger partial charge in [0.1, 0.15) is 11.4 Å². The fourth-order valence-electron chi connectivity index (χ4n) is 2.02. The van der Waals surface area contributed by atoms with Gasteiger partial charge in [0, 0.05) is 22.3 Å². The standard InChI is InChI=1S/C18H14ClN3O3/c1-12(17-11-16(22-24-17)13-5-3-2-4-6-13)21-25-18(23)20-15-9-7-14(19)8-10-15/h2-11H,1H3,(H,20,23)/b21-12+. The first kappa shape index (κ1) is 16.7. The van der Waals surface area contributed by atoms with Crippen molar-refractivity contribution in [1.29, 1.82) is 0 Å². The topological polar surface area (TPSA) is 76.7 Å². The van der Waals surface area contributed by atoms with E-state index in [0.29, 0.717) is 27.9 Å². The fourth-order valence-corrected chi connectivity index (χ4v) is 2.15. The second kappa shape index (κ2) is 7.63. The molecule has 3 rings (SSSR count). The van der Waals surface area contributed by atoms with Crippen molar-refractivity contribution < 1.29 is 14.2 Å². The SMILES string of the molecule is C/C(=N\OC(=O)Nc1ccc(Cl)cc1)c1cc(-c2ccccc2)no1. The maximum absolute atomic E-state index is 11.7. The second-order valence-corrected chi connectivity index (χ2v) is 5.57. The highest BCUT2D eigenvalue weighted by atomic mass is 35.5. The van der Waals surface area contributed by atoms with Crippen LogP contribution in [0.5, 0.6) is 0 Å². The lowest BCUT2D eigenvalue weighted by Gasteiger charge is -2.02. The molecular formula is C18H14ClN3O3. The summed E-state index contributed by atoms with van der Waals surface area (Å²) >= 11 is 5.78. The van der Waals surface area contributed by atoms with E-state index < -0.39 is 6.09 Å². The number of aromatic nitrogens is 1. The van der Waals surface area contributed by atoms with Crippen LogP contribution in [0.3, 0.4) is 0 Å². The summed E-state index contributed by atoms with van der Waals surface area (Å²) in [5.41, 5.74) is 2.54. The quantitative estimate of drug-likeness (QED) is 0.407. The summed E-state index contributed by atoms with van der Waals surface area (Å²) in [6, 6.07) is 17.9. The zero-order valence-corrected chi connectivity index (χ0v) is 14.0. The van der Waals surface area contributed by atoms with Gasteiger partial charge in [-0.05, 0) is 31.2 Å². The van der Waals surface area contributed by atoms with Crippen molar-refractivity contribution in [2.75, 3.05) is 5.32 Å². The van der Waals surface area contributed by atoms with Crippen molar-refractivity contribution in [2.24, 2.45) is 5.16 Å². The van der Waals surface area contributed by atoms with Crippen LogP contribution in [0, 0.1) is 0 Å². The van der Waals surface area contributed by atoms with E-state index in [1.807, 2.05) is 30.3 Å². The van der Waals surface area contributed by atoms with Gasteiger partial charge in [0.25, 0.3) is 0 Å². The van der Waals surface area contributed by atoms with Gasteiger partial charge in [-0.25, -0.2) is 4.79 Å². The second-order valence-electron chi connectivity index (χ2n) is 5.13. The predicted molar refractivity (Wildman–Crippen MR) is 95.7 cm³/mol. The molecule has 1 aromatic heterocycles. The predicted octanol–water partition coefficient (Wildman–Crippen LogP) is 4.97. The number of nitrogens with one attached hydrogen (secondary N) is 1. The number of hydrogen-bond donors (Lipinski definition) is 1. The molecule has 0 fully saturated rings. The van der Waals surface area contributed by atoms with Crippen molar-refractivity contribution in [3.8, 4) is 11.3 Å². The number of anilines is 1. The molecule has 0 unspecified atom stereocenters. The van der Waals surface area contributed by atoms with Gasteiger partial charge < -0.3 is 4.52 Å². The summed E-state index contributed by atoms with van der Waals surface area (Å²) in [5.74, 6) is 0.415. The first-order chi connectivity index (χ1) is 12.1. The highest BCUT2D eigenvalue weighted by Gasteiger charge is 2.10. The van der Waals surface area contributed by atoms with Crippen molar-refractivity contribution in [2.45, 2.75) is 6.92 Å². The van der Waals surface area contributed by atoms with Gasteiger partial charge in [0.05, 0.1) is 0 Å². The first-order valence-electron chi connectivity index (χ1n) is 7.42. The molecule has 0 atom stereocenters. The minimum absolute atomic E-state index is 0.390. The molecule has 126 valence electrons. The molecule has 0 aliphatic carbocycles. The summed E-state index contributed by atoms with van der Waals surface area (Å²) in [5, 5.41) is 10.9. The molecule has 6 nitrogen and oxygen atoms in total. The smallest absolute Gasteiger partial charge is 0.354 e. The van der Waals surface area contributed by atoms with Crippen LogP contribution in [-0.4, -0.2) is 17.0 Å². The summed E-state index contributed by atoms with van der Waals surface area (Å²) in [6.45, 7) is 1.66. The normalized spacial score (nSPS) is 11.2. The summed E-state index contributed by atoms with van der Waals surface area (Å²) in [6.07, 6.45) is -0.718. The summed E-state index contributed by atoms with van der Waals surface area (Å²) in [7, 11) is 0. The molecule has 0 saturated carbocycles. The zero-order valence-electron chi connectivity index (χ0n) is 13.3. The van der Waals surface area contributed by atoms with Gasteiger partial charge in [-0.1, -0.05) is 52.2 Å². The molecule has 25 heavy (non-hydrogen) atoms. The van der Waals surface area contributed by atoms with E-state index in [2.05, 4.69) is 15.6 Å². The van der Waals surface area contributed by atoms with Gasteiger partial charge in [-0.3, -0.25) is 10.2 Å². The number of carbonyl (C=O) groups is 1. The molecule has 7 heteroatoms. The number of carbonyl (C=O) groups excluding carboxylic acids is 1. The number of benzene rings is 2. The lowest BCUT2D eigenvalue weighted by atomic mass is 10.1. The molecule has 0 aliphatic rings. The van der Waals surface area contributed by atoms with E-state index >= 15 is 0 Å². The van der Waals surface area contributed by atoms with Gasteiger partial charge in [0.2, 0.25) is 0 Å². The molecule has 2 aromatic carbocycles. The van der Waals surface area contributed by atoms with E-state index in [-0.39, 0.29) is 0 Å². The first-order valence-corrected chi connectivity index (χ1v) is 7.80. The zero-order chi connectivity index (χ0) is 17.6. The van der Waals surface area contributed by atoms with Crippen LogP contribution in [0.2, 0.25) is 5.02 Å². The Bertz CT molecular complexity index is 889. The fraction of sp³-hybridized carbons (Fsp3) is 0.0556. The van der Waals surface area contributed by atoms with E-state index in [1.165, 1.54) is 0 Å². The van der Waals surface area contributed by atoms with Crippen molar-refractivity contribution in [3.63, 3.8) is 0 Å². The van der Waals surface area contributed by atoms with Crippen LogP contribution in [0.25, 0.3) is 11.3 Å². The molecule has 1 amide bonds.